The van der Waals surface area contributed by atoms with Crippen molar-refractivity contribution >= 4 is 18.1 Å². The molecule has 198 valence electrons. The molecular weight excluding hydrogens is 490 g/mol. The molecule has 1 amide bonds. The minimum absolute atomic E-state index is 0.00536. The van der Waals surface area contributed by atoms with Gasteiger partial charge in [0, 0.05) is 24.1 Å². The predicted octanol–water partition coefficient (Wildman–Crippen LogP) is 3.82. The van der Waals surface area contributed by atoms with E-state index in [2.05, 4.69) is 5.32 Å². The van der Waals surface area contributed by atoms with E-state index in [0.717, 1.165) is 28.3 Å². The van der Waals surface area contributed by atoms with Crippen LogP contribution in [0.25, 0.3) is 17.2 Å². The molecule has 0 aromatic heterocycles. The molecule has 9 heteroatoms. The van der Waals surface area contributed by atoms with Crippen molar-refractivity contribution in [2.24, 2.45) is 0 Å². The second-order valence-corrected chi connectivity index (χ2v) is 8.89. The van der Waals surface area contributed by atoms with E-state index in [1.165, 1.54) is 25.3 Å². The summed E-state index contributed by atoms with van der Waals surface area (Å²) in [5.41, 5.74) is 4.74. The molecule has 2 atom stereocenters. The third-order valence-electron chi connectivity index (χ3n) is 6.50. The Bertz CT molecular complexity index is 1310. The van der Waals surface area contributed by atoms with Gasteiger partial charge in [0.15, 0.2) is 11.5 Å². The zero-order valence-corrected chi connectivity index (χ0v) is 20.7. The number of carbonyl (C=O) groups is 2. The standard InChI is InChI=1S/C29H29NO8/c1-37-25-15-17(10-11-26(32)33)14-22(28(25)35)27(34)24(31)12-13-30-29(36)38-16-23-20-8-4-2-6-18(20)19-7-3-5-9-21(19)23/h2-11,14-15,23-24,27,31,34-35H,12-13,16H2,1H3,(H,30,36)(H,32,33). The first-order chi connectivity index (χ1) is 18.3. The number of rotatable bonds is 10. The van der Waals surface area contributed by atoms with Gasteiger partial charge < -0.3 is 35.2 Å². The van der Waals surface area contributed by atoms with E-state index in [0.29, 0.717) is 5.56 Å². The summed E-state index contributed by atoms with van der Waals surface area (Å²) in [6.45, 7) is 0.154. The number of aliphatic hydroxyl groups excluding tert-OH is 2. The first-order valence-electron chi connectivity index (χ1n) is 12.1. The largest absolute Gasteiger partial charge is 0.504 e. The van der Waals surface area contributed by atoms with Crippen molar-refractivity contribution in [1.29, 1.82) is 0 Å². The van der Waals surface area contributed by atoms with Crippen LogP contribution in [0.2, 0.25) is 0 Å². The Morgan fingerprint density at radius 1 is 1.03 bits per heavy atom. The first-order valence-corrected chi connectivity index (χ1v) is 12.1. The van der Waals surface area contributed by atoms with Crippen LogP contribution in [0.15, 0.2) is 66.7 Å². The number of phenolic OH excluding ortho intramolecular Hbond substituents is 1. The Morgan fingerprint density at radius 2 is 1.66 bits per heavy atom. The van der Waals surface area contributed by atoms with Gasteiger partial charge in [-0.25, -0.2) is 9.59 Å². The number of aliphatic carboxylic acids is 1. The number of fused-ring (bicyclic) bond motifs is 3. The smallest absolute Gasteiger partial charge is 0.407 e. The molecule has 3 aromatic rings. The maximum absolute atomic E-state index is 12.4. The molecule has 38 heavy (non-hydrogen) atoms. The lowest BCUT2D eigenvalue weighted by Gasteiger charge is -2.21. The van der Waals surface area contributed by atoms with Crippen LogP contribution in [-0.4, -0.2) is 58.9 Å². The maximum Gasteiger partial charge on any atom is 0.407 e. The number of aromatic hydroxyl groups is 1. The Kier molecular flexibility index (Phi) is 8.30. The number of carbonyl (C=O) groups excluding carboxylic acids is 1. The monoisotopic (exact) mass is 519 g/mol. The van der Waals surface area contributed by atoms with Crippen LogP contribution in [0, 0.1) is 0 Å². The zero-order chi connectivity index (χ0) is 27.2. The molecule has 0 fully saturated rings. The van der Waals surface area contributed by atoms with Crippen LogP contribution in [0.5, 0.6) is 11.5 Å². The molecule has 2 unspecified atom stereocenters. The van der Waals surface area contributed by atoms with Gasteiger partial charge in [0.05, 0.1) is 13.2 Å². The molecule has 0 heterocycles. The molecule has 0 saturated heterocycles. The van der Waals surface area contributed by atoms with Gasteiger partial charge in [-0.15, -0.1) is 0 Å². The summed E-state index contributed by atoms with van der Waals surface area (Å²) in [7, 11) is 1.31. The van der Waals surface area contributed by atoms with Crippen molar-refractivity contribution in [3.8, 4) is 22.6 Å². The van der Waals surface area contributed by atoms with E-state index >= 15 is 0 Å². The lowest BCUT2D eigenvalue weighted by atomic mass is 9.98. The summed E-state index contributed by atoms with van der Waals surface area (Å²) in [6.07, 6.45) is -1.39. The van der Waals surface area contributed by atoms with Crippen LogP contribution in [-0.2, 0) is 9.53 Å². The van der Waals surface area contributed by atoms with E-state index in [1.807, 2.05) is 48.5 Å². The highest BCUT2D eigenvalue weighted by molar-refractivity contribution is 5.85. The molecular formula is C29H29NO8. The molecule has 5 N–H and O–H groups in total. The van der Waals surface area contributed by atoms with Crippen LogP contribution >= 0.6 is 0 Å². The van der Waals surface area contributed by atoms with E-state index in [1.54, 1.807) is 0 Å². The van der Waals surface area contributed by atoms with Gasteiger partial charge in [0.25, 0.3) is 0 Å². The maximum atomic E-state index is 12.4. The summed E-state index contributed by atoms with van der Waals surface area (Å²) in [6, 6.07) is 18.8. The van der Waals surface area contributed by atoms with Crippen molar-refractivity contribution < 1.29 is 39.5 Å². The molecule has 0 aliphatic heterocycles. The van der Waals surface area contributed by atoms with Gasteiger partial charge in [-0.1, -0.05) is 48.5 Å². The molecule has 0 saturated carbocycles. The number of benzene rings is 3. The number of hydrogen-bond donors (Lipinski definition) is 5. The predicted molar refractivity (Wildman–Crippen MR) is 140 cm³/mol. The average molecular weight is 520 g/mol. The third kappa shape index (κ3) is 5.80. The van der Waals surface area contributed by atoms with Crippen molar-refractivity contribution in [3.05, 3.63) is 89.0 Å². The quantitative estimate of drug-likeness (QED) is 0.254. The molecule has 9 nitrogen and oxygen atoms in total. The molecule has 0 spiro atoms. The number of phenols is 1. The molecule has 1 aliphatic carbocycles. The number of aliphatic hydroxyl groups is 2. The number of alkyl carbamates (subject to hydrolysis) is 1. The van der Waals surface area contributed by atoms with Crippen molar-refractivity contribution in [2.75, 3.05) is 20.3 Å². The first kappa shape index (κ1) is 26.7. The zero-order valence-electron chi connectivity index (χ0n) is 20.7. The number of ether oxygens (including phenoxy) is 2. The lowest BCUT2D eigenvalue weighted by Crippen LogP contribution is -2.30. The van der Waals surface area contributed by atoms with Crippen molar-refractivity contribution in [1.82, 2.24) is 5.32 Å². The number of methoxy groups -OCH3 is 1. The Balaban J connectivity index is 1.33. The summed E-state index contributed by atoms with van der Waals surface area (Å²) in [5, 5.41) is 43.0. The number of amides is 1. The van der Waals surface area contributed by atoms with E-state index in [-0.39, 0.29) is 42.6 Å². The molecule has 1 aliphatic rings. The van der Waals surface area contributed by atoms with Crippen LogP contribution in [0.3, 0.4) is 0 Å². The molecule has 0 radical (unpaired) electrons. The number of hydrogen-bond acceptors (Lipinski definition) is 7. The normalized spacial score (nSPS) is 14.0. The highest BCUT2D eigenvalue weighted by Gasteiger charge is 2.29. The fraction of sp³-hybridized carbons (Fsp3) is 0.241. The van der Waals surface area contributed by atoms with Gasteiger partial charge in [0.2, 0.25) is 0 Å². The average Bonchev–Trinajstić information content (AvgIpc) is 3.24. The van der Waals surface area contributed by atoms with Gasteiger partial charge in [0.1, 0.15) is 12.7 Å². The minimum Gasteiger partial charge on any atom is -0.504 e. The summed E-state index contributed by atoms with van der Waals surface area (Å²) >= 11 is 0. The lowest BCUT2D eigenvalue weighted by molar-refractivity contribution is -0.131. The van der Waals surface area contributed by atoms with Gasteiger partial charge >= 0.3 is 12.1 Å². The van der Waals surface area contributed by atoms with E-state index < -0.39 is 24.3 Å². The number of carboxylic acids is 1. The fourth-order valence-electron chi connectivity index (χ4n) is 4.63. The van der Waals surface area contributed by atoms with Gasteiger partial charge in [-0.3, -0.25) is 0 Å². The molecule has 0 bridgehead atoms. The number of nitrogens with one attached hydrogen (secondary N) is 1. The highest BCUT2D eigenvalue weighted by Crippen LogP contribution is 2.44. The second-order valence-electron chi connectivity index (χ2n) is 8.89. The van der Waals surface area contributed by atoms with Crippen LogP contribution in [0.4, 0.5) is 4.79 Å². The second kappa shape index (κ2) is 11.8. The van der Waals surface area contributed by atoms with E-state index in [4.69, 9.17) is 14.6 Å². The summed E-state index contributed by atoms with van der Waals surface area (Å²) < 4.78 is 10.6. The van der Waals surface area contributed by atoms with Gasteiger partial charge in [-0.2, -0.15) is 0 Å². The van der Waals surface area contributed by atoms with Crippen molar-refractivity contribution in [2.45, 2.75) is 24.5 Å². The summed E-state index contributed by atoms with van der Waals surface area (Å²) in [5.74, 6) is -1.62. The topological polar surface area (TPSA) is 146 Å². The molecule has 4 rings (SSSR count). The Hall–Kier alpha value is -4.34. The third-order valence-corrected chi connectivity index (χ3v) is 6.50. The Morgan fingerprint density at radius 3 is 2.26 bits per heavy atom. The minimum atomic E-state index is -1.52. The summed E-state index contributed by atoms with van der Waals surface area (Å²) in [4.78, 5) is 23.2. The van der Waals surface area contributed by atoms with Gasteiger partial charge in [-0.05, 0) is 52.4 Å². The van der Waals surface area contributed by atoms with Crippen LogP contribution < -0.4 is 10.1 Å². The fourth-order valence-corrected chi connectivity index (χ4v) is 4.63. The van der Waals surface area contributed by atoms with Crippen molar-refractivity contribution in [3.63, 3.8) is 0 Å². The van der Waals surface area contributed by atoms with E-state index in [9.17, 15) is 24.9 Å². The Labute approximate surface area is 219 Å². The number of carboxylic acid groups (broad SMARTS) is 1. The molecule has 3 aromatic carbocycles. The van der Waals surface area contributed by atoms with Crippen LogP contribution in [0.1, 0.15) is 40.7 Å². The SMILES string of the molecule is COc1cc(C=CC(=O)O)cc(C(O)C(O)CCNC(=O)OCC2c3ccccc3-c3ccccc32)c1O. The highest BCUT2D eigenvalue weighted by atomic mass is 16.5.